The van der Waals surface area contributed by atoms with E-state index in [4.69, 9.17) is 9.47 Å². The molecule has 2 fully saturated rings. The second-order valence-corrected chi connectivity index (χ2v) is 11.6. The van der Waals surface area contributed by atoms with Gasteiger partial charge in [0.25, 0.3) is 0 Å². The van der Waals surface area contributed by atoms with Crippen molar-refractivity contribution in [3.05, 3.63) is 78.4 Å². The third-order valence-corrected chi connectivity index (χ3v) is 9.16. The maximum absolute atomic E-state index is 13.4. The number of aryl methyl sites for hydroxylation is 1. The third kappa shape index (κ3) is 6.60. The summed E-state index contributed by atoms with van der Waals surface area (Å²) in [5, 5.41) is 0. The van der Waals surface area contributed by atoms with E-state index in [2.05, 4.69) is 47.9 Å². The van der Waals surface area contributed by atoms with E-state index in [9.17, 15) is 9.59 Å². The third-order valence-electron chi connectivity index (χ3n) is 9.16. The number of carbonyl (C=O) groups is 2. The topological polar surface area (TPSA) is 59.1 Å². The molecule has 1 aliphatic carbocycles. The van der Waals surface area contributed by atoms with Gasteiger partial charge in [0.15, 0.2) is 0 Å². The van der Waals surface area contributed by atoms with E-state index < -0.39 is 11.0 Å². The van der Waals surface area contributed by atoms with Crippen molar-refractivity contribution in [2.24, 2.45) is 0 Å². The molecule has 4 rings (SSSR count). The fourth-order valence-corrected chi connectivity index (χ4v) is 7.06. The number of methoxy groups -OCH3 is 1. The van der Waals surface area contributed by atoms with Crippen molar-refractivity contribution < 1.29 is 19.1 Å². The summed E-state index contributed by atoms with van der Waals surface area (Å²) in [6.07, 6.45) is 9.67. The first-order chi connectivity index (χ1) is 19.3. The first-order valence-electron chi connectivity index (χ1n) is 14.8. The van der Waals surface area contributed by atoms with Gasteiger partial charge in [-0.25, -0.2) is 0 Å². The predicted octanol–water partition coefficient (Wildman–Crippen LogP) is 5.94. The molecule has 1 aliphatic heterocycles. The lowest BCUT2D eigenvalue weighted by Gasteiger charge is -2.60. The molecule has 1 amide bonds. The van der Waals surface area contributed by atoms with Crippen molar-refractivity contribution in [2.75, 3.05) is 33.8 Å². The molecule has 0 bridgehead atoms. The molecule has 216 valence electrons. The first-order valence-corrected chi connectivity index (χ1v) is 14.8. The molecule has 40 heavy (non-hydrogen) atoms. The zero-order chi connectivity index (χ0) is 28.6. The van der Waals surface area contributed by atoms with E-state index in [-0.39, 0.29) is 17.9 Å². The molecule has 0 N–H and O–H groups in total. The molecular formula is C34H46N2O4. The van der Waals surface area contributed by atoms with Crippen LogP contribution in [0.1, 0.15) is 69.4 Å². The van der Waals surface area contributed by atoms with Crippen LogP contribution in [0.2, 0.25) is 0 Å². The lowest BCUT2D eigenvalue weighted by atomic mass is 9.55. The van der Waals surface area contributed by atoms with Gasteiger partial charge in [-0.1, -0.05) is 55.0 Å². The van der Waals surface area contributed by atoms with Gasteiger partial charge in [0.1, 0.15) is 11.4 Å². The number of rotatable bonds is 12. The molecule has 1 saturated carbocycles. The monoisotopic (exact) mass is 546 g/mol. The lowest BCUT2D eigenvalue weighted by Crippen LogP contribution is -2.68. The minimum absolute atomic E-state index is 0.0812. The lowest BCUT2D eigenvalue weighted by molar-refractivity contribution is -0.189. The smallest absolute Gasteiger partial charge is 0.303 e. The fourth-order valence-electron chi connectivity index (χ4n) is 7.06. The number of carbonyl (C=O) groups excluding carboxylic acids is 2. The van der Waals surface area contributed by atoms with Gasteiger partial charge in [-0.05, 0) is 74.8 Å². The molecule has 1 saturated heterocycles. The summed E-state index contributed by atoms with van der Waals surface area (Å²) in [6.45, 7) is 7.73. The number of ether oxygens (including phenoxy) is 2. The number of nitrogens with zero attached hydrogens (tertiary/aromatic N) is 2. The van der Waals surface area contributed by atoms with Crippen molar-refractivity contribution in [2.45, 2.75) is 81.8 Å². The zero-order valence-corrected chi connectivity index (χ0v) is 24.6. The highest BCUT2D eigenvalue weighted by atomic mass is 16.6. The van der Waals surface area contributed by atoms with Crippen molar-refractivity contribution in [3.8, 4) is 5.75 Å². The van der Waals surface area contributed by atoms with Gasteiger partial charge in [-0.3, -0.25) is 14.5 Å². The quantitative estimate of drug-likeness (QED) is 0.187. The Balaban J connectivity index is 1.51. The number of piperidine rings is 1. The number of benzene rings is 2. The number of amides is 1. The maximum Gasteiger partial charge on any atom is 0.303 e. The van der Waals surface area contributed by atoms with Gasteiger partial charge in [-0.2, -0.15) is 0 Å². The number of fused-ring (bicyclic) bond motifs is 1. The van der Waals surface area contributed by atoms with Crippen LogP contribution in [0.3, 0.4) is 0 Å². The van der Waals surface area contributed by atoms with Crippen LogP contribution in [-0.4, -0.2) is 67.1 Å². The molecule has 1 heterocycles. The second-order valence-electron chi connectivity index (χ2n) is 11.6. The van der Waals surface area contributed by atoms with E-state index in [1.54, 1.807) is 7.11 Å². The Labute approximate surface area is 240 Å². The van der Waals surface area contributed by atoms with Crippen LogP contribution in [0.25, 0.3) is 0 Å². The van der Waals surface area contributed by atoms with Crippen LogP contribution in [0.15, 0.2) is 67.3 Å². The van der Waals surface area contributed by atoms with E-state index in [1.165, 1.54) is 12.5 Å². The van der Waals surface area contributed by atoms with Gasteiger partial charge in [-0.15, -0.1) is 6.58 Å². The van der Waals surface area contributed by atoms with E-state index in [1.807, 2.05) is 36.2 Å². The predicted molar refractivity (Wildman–Crippen MR) is 159 cm³/mol. The Morgan fingerprint density at radius 2 is 1.90 bits per heavy atom. The fraction of sp³-hybridized carbons (Fsp3) is 0.529. The van der Waals surface area contributed by atoms with Gasteiger partial charge in [0.2, 0.25) is 5.91 Å². The first kappa shape index (κ1) is 29.9. The minimum atomic E-state index is -0.676. The highest BCUT2D eigenvalue weighted by molar-refractivity contribution is 5.76. The van der Waals surface area contributed by atoms with Gasteiger partial charge in [0, 0.05) is 44.9 Å². The highest BCUT2D eigenvalue weighted by Gasteiger charge is 2.61. The zero-order valence-electron chi connectivity index (χ0n) is 24.6. The summed E-state index contributed by atoms with van der Waals surface area (Å²) in [6, 6.07) is 18.8. The summed E-state index contributed by atoms with van der Waals surface area (Å²) in [5.41, 5.74) is 1.38. The standard InChI is InChI=1S/C34H46N2O4/c1-5-22-36-23-21-33(29-16-12-17-31(24-29)39-4)25-30(19-20-34(33,26-36)40-27(2)37)35(3)32(38)18-11-7-10-15-28-13-8-6-9-14-28/h5-6,8-9,12-14,16-17,24,30H,1,7,10-11,15,18-23,25-26H2,2-4H3. The number of likely N-dealkylation sites (tertiary alicyclic amines) is 1. The molecule has 2 aromatic rings. The molecular weight excluding hydrogens is 500 g/mol. The number of unbranched alkanes of at least 4 members (excludes halogenated alkanes) is 2. The summed E-state index contributed by atoms with van der Waals surface area (Å²) in [5.74, 6) is 0.736. The Morgan fingerprint density at radius 3 is 2.62 bits per heavy atom. The summed E-state index contributed by atoms with van der Waals surface area (Å²) in [4.78, 5) is 30.2. The molecule has 0 spiro atoms. The second kappa shape index (κ2) is 13.5. The number of hydrogen-bond donors (Lipinski definition) is 0. The largest absolute Gasteiger partial charge is 0.497 e. The Kier molecular flexibility index (Phi) is 10.1. The minimum Gasteiger partial charge on any atom is -0.497 e. The Bertz CT molecular complexity index is 1150. The van der Waals surface area contributed by atoms with Crippen LogP contribution in [0, 0.1) is 0 Å². The van der Waals surface area contributed by atoms with Gasteiger partial charge >= 0.3 is 5.97 Å². The van der Waals surface area contributed by atoms with Crippen molar-refractivity contribution in [1.82, 2.24) is 9.80 Å². The molecule has 0 radical (unpaired) electrons. The molecule has 6 nitrogen and oxygen atoms in total. The molecule has 3 unspecified atom stereocenters. The average Bonchev–Trinajstić information content (AvgIpc) is 2.96. The highest BCUT2D eigenvalue weighted by Crippen LogP contribution is 2.54. The van der Waals surface area contributed by atoms with E-state index in [0.717, 1.165) is 69.3 Å². The van der Waals surface area contributed by atoms with Crippen molar-refractivity contribution >= 4 is 11.9 Å². The van der Waals surface area contributed by atoms with Gasteiger partial charge in [0.05, 0.1) is 7.11 Å². The van der Waals surface area contributed by atoms with Crippen LogP contribution in [-0.2, 0) is 26.2 Å². The number of esters is 1. The normalized spacial score (nSPS) is 24.5. The Morgan fingerprint density at radius 1 is 1.10 bits per heavy atom. The van der Waals surface area contributed by atoms with Crippen molar-refractivity contribution in [1.29, 1.82) is 0 Å². The SMILES string of the molecule is C=CCN1CCC2(c3cccc(OC)c3)CC(N(C)C(=O)CCCCCc3ccccc3)CCC2(OC(C)=O)C1. The van der Waals surface area contributed by atoms with Gasteiger partial charge < -0.3 is 14.4 Å². The van der Waals surface area contributed by atoms with Crippen LogP contribution < -0.4 is 4.74 Å². The summed E-state index contributed by atoms with van der Waals surface area (Å²) >= 11 is 0. The molecule has 2 aliphatic rings. The molecule has 2 aromatic carbocycles. The molecule has 0 aromatic heterocycles. The van der Waals surface area contributed by atoms with Crippen LogP contribution >= 0.6 is 0 Å². The number of hydrogen-bond acceptors (Lipinski definition) is 5. The summed E-state index contributed by atoms with van der Waals surface area (Å²) < 4.78 is 12.0. The van der Waals surface area contributed by atoms with E-state index >= 15 is 0 Å². The average molecular weight is 547 g/mol. The van der Waals surface area contributed by atoms with Crippen molar-refractivity contribution in [3.63, 3.8) is 0 Å². The molecule has 6 heteroatoms. The molecule has 3 atom stereocenters. The van der Waals surface area contributed by atoms with Crippen LogP contribution in [0.4, 0.5) is 0 Å². The van der Waals surface area contributed by atoms with Crippen LogP contribution in [0.5, 0.6) is 5.75 Å². The summed E-state index contributed by atoms with van der Waals surface area (Å²) in [7, 11) is 3.64. The Hall–Kier alpha value is -3.12. The maximum atomic E-state index is 13.4. The van der Waals surface area contributed by atoms with E-state index in [0.29, 0.717) is 19.4 Å².